The average Bonchev–Trinajstić information content (AvgIpc) is 2.69. The molecule has 2 aromatic carbocycles. The molecule has 9 heteroatoms. The molecule has 0 bridgehead atoms. The van der Waals surface area contributed by atoms with Crippen LogP contribution in [0.2, 0.25) is 15.1 Å². The van der Waals surface area contributed by atoms with E-state index in [1.165, 1.54) is 6.07 Å². The highest BCUT2D eigenvalue weighted by molar-refractivity contribution is 6.45. The maximum atomic E-state index is 12.5. The molecule has 0 spiro atoms. The van der Waals surface area contributed by atoms with Gasteiger partial charge in [-0.1, -0.05) is 58.8 Å². The number of hydrogen-bond donors (Lipinski definition) is 3. The molecular weight excluding hydrogens is 437 g/mol. The Morgan fingerprint density at radius 1 is 1.07 bits per heavy atom. The number of piperidine rings is 1. The van der Waals surface area contributed by atoms with Crippen LogP contribution >= 0.6 is 34.8 Å². The van der Waals surface area contributed by atoms with Crippen molar-refractivity contribution in [3.63, 3.8) is 0 Å². The summed E-state index contributed by atoms with van der Waals surface area (Å²) >= 11 is 17.8. The molecule has 6 nitrogen and oxygen atoms in total. The van der Waals surface area contributed by atoms with Crippen molar-refractivity contribution < 1.29 is 19.6 Å². The number of carbonyl (C=O) groups is 2. The summed E-state index contributed by atoms with van der Waals surface area (Å²) in [6.45, 7) is 1.80. The summed E-state index contributed by atoms with van der Waals surface area (Å²) in [6.07, 6.45) is 1.36. The van der Waals surface area contributed by atoms with E-state index in [0.717, 1.165) is 23.7 Å². The maximum Gasteiger partial charge on any atom is 0.279 e. The zero-order chi connectivity index (χ0) is 21.0. The first-order chi connectivity index (χ1) is 13.8. The van der Waals surface area contributed by atoms with E-state index in [0.29, 0.717) is 19.4 Å². The van der Waals surface area contributed by atoms with Gasteiger partial charge in [0.15, 0.2) is 6.54 Å². The quantitative estimate of drug-likeness (QED) is 0.603. The third-order valence-corrected chi connectivity index (χ3v) is 5.92. The van der Waals surface area contributed by atoms with Crippen LogP contribution in [-0.4, -0.2) is 37.5 Å². The van der Waals surface area contributed by atoms with E-state index in [1.54, 1.807) is 0 Å². The second-order valence-corrected chi connectivity index (χ2v) is 8.14. The first-order valence-electron chi connectivity index (χ1n) is 9.19. The molecular formula is C20H20Cl3N3O3. The summed E-state index contributed by atoms with van der Waals surface area (Å²) in [4.78, 5) is 25.9. The predicted molar refractivity (Wildman–Crippen MR) is 112 cm³/mol. The van der Waals surface area contributed by atoms with Gasteiger partial charge in [-0.3, -0.25) is 9.59 Å². The van der Waals surface area contributed by atoms with Gasteiger partial charge in [0, 0.05) is 29.6 Å². The Hall–Kier alpha value is -1.99. The van der Waals surface area contributed by atoms with Gasteiger partial charge in [-0.15, -0.1) is 0 Å². The number of para-hydroxylation sites is 1. The van der Waals surface area contributed by atoms with Crippen molar-refractivity contribution in [2.24, 2.45) is 0 Å². The lowest BCUT2D eigenvalue weighted by molar-refractivity contribution is -0.897. The van der Waals surface area contributed by atoms with Gasteiger partial charge in [-0.05, 0) is 18.2 Å². The van der Waals surface area contributed by atoms with Gasteiger partial charge in [0.1, 0.15) is 0 Å². The summed E-state index contributed by atoms with van der Waals surface area (Å²) < 4.78 is 0. The third-order valence-electron chi connectivity index (χ3n) is 4.85. The van der Waals surface area contributed by atoms with Gasteiger partial charge >= 0.3 is 0 Å². The minimum atomic E-state index is -0.640. The topological polar surface area (TPSA) is 85.7 Å². The van der Waals surface area contributed by atoms with Crippen molar-refractivity contribution >= 4 is 52.3 Å². The Kier molecular flexibility index (Phi) is 7.24. The average molecular weight is 457 g/mol. The zero-order valence-electron chi connectivity index (χ0n) is 15.4. The van der Waals surface area contributed by atoms with Crippen LogP contribution in [0, 0.1) is 0 Å². The number of halogens is 3. The van der Waals surface area contributed by atoms with Crippen molar-refractivity contribution in [2.45, 2.75) is 18.9 Å². The lowest BCUT2D eigenvalue weighted by atomic mass is 10.0. The molecule has 0 saturated carbocycles. The summed E-state index contributed by atoms with van der Waals surface area (Å²) in [7, 11) is 0. The molecule has 29 heavy (non-hydrogen) atoms. The minimum absolute atomic E-state index is 0.0509. The highest BCUT2D eigenvalue weighted by Crippen LogP contribution is 2.36. The zero-order valence-corrected chi connectivity index (χ0v) is 17.7. The molecule has 0 unspecified atom stereocenters. The maximum absolute atomic E-state index is 12.5. The number of likely N-dealkylation sites (tertiary alicyclic amines) is 1. The smallest absolute Gasteiger partial charge is 0.279 e. The predicted octanol–water partition coefficient (Wildman–Crippen LogP) is 2.14. The van der Waals surface area contributed by atoms with Crippen LogP contribution in [0.15, 0.2) is 36.4 Å². The van der Waals surface area contributed by atoms with E-state index in [2.05, 4.69) is 10.6 Å². The number of nitrogens with one attached hydrogen (secondary N) is 3. The molecule has 1 heterocycles. The minimum Gasteiger partial charge on any atom is -0.871 e. The summed E-state index contributed by atoms with van der Waals surface area (Å²) in [5.74, 6) is -1.27. The van der Waals surface area contributed by atoms with Gasteiger partial charge in [0.2, 0.25) is 0 Å². The first-order valence-corrected chi connectivity index (χ1v) is 10.3. The Balaban J connectivity index is 1.51. The van der Waals surface area contributed by atoms with Crippen LogP contribution < -0.4 is 20.6 Å². The summed E-state index contributed by atoms with van der Waals surface area (Å²) in [5, 5.41) is 17.7. The monoisotopic (exact) mass is 455 g/mol. The molecule has 3 rings (SSSR count). The largest absolute Gasteiger partial charge is 0.871 e. The first kappa shape index (κ1) is 21.7. The Labute approximate surface area is 183 Å². The molecule has 1 fully saturated rings. The van der Waals surface area contributed by atoms with Crippen LogP contribution in [-0.2, 0) is 4.79 Å². The molecule has 0 radical (unpaired) electrons. The van der Waals surface area contributed by atoms with Gasteiger partial charge < -0.3 is 20.6 Å². The number of anilines is 1. The van der Waals surface area contributed by atoms with E-state index < -0.39 is 11.7 Å². The molecule has 1 saturated heterocycles. The molecule has 0 atom stereocenters. The third kappa shape index (κ3) is 5.54. The Morgan fingerprint density at radius 3 is 2.38 bits per heavy atom. The van der Waals surface area contributed by atoms with Gasteiger partial charge in [0.05, 0.1) is 28.7 Å². The number of quaternary nitrogens is 1. The van der Waals surface area contributed by atoms with Crippen molar-refractivity contribution in [1.29, 1.82) is 0 Å². The molecule has 0 aromatic heterocycles. The number of benzene rings is 2. The van der Waals surface area contributed by atoms with Crippen LogP contribution in [0.5, 0.6) is 5.75 Å². The van der Waals surface area contributed by atoms with Crippen molar-refractivity contribution in [1.82, 2.24) is 5.32 Å². The molecule has 3 N–H and O–H groups in total. The highest BCUT2D eigenvalue weighted by Gasteiger charge is 2.26. The summed E-state index contributed by atoms with van der Waals surface area (Å²) in [5.41, 5.74) is 0.533. The van der Waals surface area contributed by atoms with Crippen LogP contribution in [0.1, 0.15) is 23.2 Å². The molecule has 0 aliphatic carbocycles. The van der Waals surface area contributed by atoms with Crippen LogP contribution in [0.25, 0.3) is 0 Å². The van der Waals surface area contributed by atoms with E-state index in [-0.39, 0.29) is 32.6 Å². The number of amides is 2. The van der Waals surface area contributed by atoms with E-state index in [9.17, 15) is 14.7 Å². The fourth-order valence-electron chi connectivity index (χ4n) is 3.34. The summed E-state index contributed by atoms with van der Waals surface area (Å²) in [6, 6.07) is 10.4. The molecule has 2 aromatic rings. The molecule has 2 amide bonds. The second kappa shape index (κ2) is 9.67. The van der Waals surface area contributed by atoms with E-state index >= 15 is 0 Å². The van der Waals surface area contributed by atoms with Crippen molar-refractivity contribution in [2.75, 3.05) is 25.0 Å². The lowest BCUT2D eigenvalue weighted by Crippen LogP contribution is -3.14. The fraction of sp³-hybridized carbons (Fsp3) is 0.300. The van der Waals surface area contributed by atoms with Crippen LogP contribution in [0.3, 0.4) is 0 Å². The van der Waals surface area contributed by atoms with Gasteiger partial charge in [-0.2, -0.15) is 0 Å². The van der Waals surface area contributed by atoms with E-state index in [4.69, 9.17) is 34.8 Å². The second-order valence-electron chi connectivity index (χ2n) is 6.95. The van der Waals surface area contributed by atoms with Crippen molar-refractivity contribution in [3.05, 3.63) is 57.0 Å². The number of rotatable bonds is 5. The fourth-order valence-corrected chi connectivity index (χ4v) is 4.03. The molecule has 1 aliphatic heterocycles. The SMILES string of the molecule is O=C(C[NH+]1CCC(NC(=O)c2c([O-])c(Cl)cc(Cl)c2Cl)CC1)Nc1ccccc1. The number of carbonyl (C=O) groups excluding carboxylic acids is 2. The molecule has 154 valence electrons. The molecule has 1 aliphatic rings. The highest BCUT2D eigenvalue weighted by atomic mass is 35.5. The standard InChI is InChI=1S/C20H20Cl3N3O3/c21-14-10-15(22)19(28)17(18(14)23)20(29)25-13-6-8-26(9-7-13)11-16(27)24-12-4-2-1-3-5-12/h1-5,10,13,28H,6-9,11H2,(H,24,27)(H,25,29). The Bertz CT molecular complexity index is 875. The number of hydrogen-bond acceptors (Lipinski definition) is 3. The van der Waals surface area contributed by atoms with Crippen molar-refractivity contribution in [3.8, 4) is 5.75 Å². The lowest BCUT2D eigenvalue weighted by Gasteiger charge is -2.30. The van der Waals surface area contributed by atoms with Gasteiger partial charge in [-0.25, -0.2) is 0 Å². The normalized spacial score (nSPS) is 18.9. The Morgan fingerprint density at radius 2 is 1.72 bits per heavy atom. The van der Waals surface area contributed by atoms with Gasteiger partial charge in [0.25, 0.3) is 11.8 Å². The van der Waals surface area contributed by atoms with Crippen LogP contribution in [0.4, 0.5) is 5.69 Å². The van der Waals surface area contributed by atoms with E-state index in [1.807, 2.05) is 30.3 Å².